The molecule has 1 fully saturated rings. The van der Waals surface area contributed by atoms with E-state index in [1.165, 1.54) is 0 Å². The first-order chi connectivity index (χ1) is 15.0. The quantitative estimate of drug-likeness (QED) is 0.392. The van der Waals surface area contributed by atoms with Crippen molar-refractivity contribution >= 4 is 47.3 Å². The highest BCUT2D eigenvalue weighted by Crippen LogP contribution is 2.30. The molecule has 1 heterocycles. The Balaban J connectivity index is 3.45. The van der Waals surface area contributed by atoms with Crippen LogP contribution in [0.4, 0.5) is 9.59 Å². The van der Waals surface area contributed by atoms with Crippen molar-refractivity contribution in [2.45, 2.75) is 94.8 Å². The lowest BCUT2D eigenvalue weighted by molar-refractivity contribution is -0.150. The topological polar surface area (TPSA) is 139 Å². The maximum atomic E-state index is 13.6. The summed E-state index contributed by atoms with van der Waals surface area (Å²) in [4.78, 5) is 53.1. The highest BCUT2D eigenvalue weighted by atomic mass is 35.5. The fourth-order valence-electron chi connectivity index (χ4n) is 3.26. The molecule has 12 heteroatoms. The minimum Gasteiger partial charge on any atom is -0.480 e. The number of hydrogen-bond acceptors (Lipinski definition) is 7. The second-order valence-corrected chi connectivity index (χ2v) is 10.9. The van der Waals surface area contributed by atoms with Gasteiger partial charge in [-0.3, -0.25) is 4.79 Å². The molecular formula is C21H35Cl2N3O7. The van der Waals surface area contributed by atoms with E-state index in [0.29, 0.717) is 24.3 Å². The Morgan fingerprint density at radius 2 is 1.52 bits per heavy atom. The number of nitrogens with two attached hydrogens (primary N) is 1. The minimum atomic E-state index is -1.42. The summed E-state index contributed by atoms with van der Waals surface area (Å²) in [5, 5.41) is 7.76. The molecule has 0 aromatic heterocycles. The number of hydrogen-bond donors (Lipinski definition) is 2. The normalized spacial score (nSPS) is 22.0. The van der Waals surface area contributed by atoms with Gasteiger partial charge in [0.25, 0.3) is 0 Å². The highest BCUT2D eigenvalue weighted by Gasteiger charge is 2.50. The van der Waals surface area contributed by atoms with E-state index in [-0.39, 0.29) is 13.0 Å². The molecule has 10 nitrogen and oxygen atoms in total. The summed E-state index contributed by atoms with van der Waals surface area (Å²) < 4.78 is 10.7. The van der Waals surface area contributed by atoms with Gasteiger partial charge >= 0.3 is 18.2 Å². The van der Waals surface area contributed by atoms with Crippen LogP contribution < -0.4 is 5.73 Å². The number of alkyl halides is 2. The number of carbonyl (C=O) groups is 4. The first kappa shape index (κ1) is 29.3. The molecule has 2 unspecified atom stereocenters. The van der Waals surface area contributed by atoms with Gasteiger partial charge in [-0.1, -0.05) is 0 Å². The number of nitrogens with zero attached hydrogens (tertiary/aromatic N) is 2. The van der Waals surface area contributed by atoms with Gasteiger partial charge in [0.1, 0.15) is 23.3 Å². The molecule has 0 aromatic rings. The molecule has 3 amide bonds. The third-order valence-corrected chi connectivity index (χ3v) is 5.68. The van der Waals surface area contributed by atoms with Crippen molar-refractivity contribution in [2.24, 2.45) is 5.73 Å². The Kier molecular flexibility index (Phi) is 10.3. The van der Waals surface area contributed by atoms with Crippen LogP contribution in [0.25, 0.3) is 0 Å². The fraction of sp³-hybridized carbons (Fsp3) is 0.810. The maximum Gasteiger partial charge on any atom is 0.420 e. The Labute approximate surface area is 204 Å². The molecule has 1 aliphatic heterocycles. The minimum absolute atomic E-state index is 0.0251. The molecule has 0 bridgehead atoms. The summed E-state index contributed by atoms with van der Waals surface area (Å²) in [7, 11) is 0. The highest BCUT2D eigenvalue weighted by molar-refractivity contribution is 6.32. The number of halogens is 2. The van der Waals surface area contributed by atoms with Crippen LogP contribution in [-0.4, -0.2) is 86.1 Å². The molecular weight excluding hydrogens is 477 g/mol. The molecule has 0 radical (unpaired) electrons. The van der Waals surface area contributed by atoms with Gasteiger partial charge in [-0.05, 0) is 67.3 Å². The molecule has 1 rings (SSSR count). The van der Waals surface area contributed by atoms with Crippen LogP contribution in [0.3, 0.4) is 0 Å². The van der Waals surface area contributed by atoms with Crippen molar-refractivity contribution in [3.05, 3.63) is 0 Å². The van der Waals surface area contributed by atoms with Gasteiger partial charge in [0.15, 0.2) is 0 Å². The lowest BCUT2D eigenvalue weighted by Gasteiger charge is -2.35. The van der Waals surface area contributed by atoms with E-state index >= 15 is 0 Å². The first-order valence-corrected chi connectivity index (χ1v) is 11.6. The average Bonchev–Trinajstić information content (AvgIpc) is 2.92. The Morgan fingerprint density at radius 3 is 1.91 bits per heavy atom. The lowest BCUT2D eigenvalue weighted by Crippen LogP contribution is -2.57. The van der Waals surface area contributed by atoms with E-state index < -0.39 is 58.1 Å². The molecule has 33 heavy (non-hydrogen) atoms. The SMILES string of the molecule is CC(C)(C)OC(=O)N(C(=O)OC(C)(C)C)[C@@H](CCCCN)C(=O)N1CC(Cl)C(Cl)[C@H]1C(=O)O. The summed E-state index contributed by atoms with van der Waals surface area (Å²) in [6, 6.07) is -2.81. The van der Waals surface area contributed by atoms with Gasteiger partial charge in [0, 0.05) is 6.54 Å². The number of rotatable bonds is 7. The Hall–Kier alpha value is -1.78. The van der Waals surface area contributed by atoms with E-state index in [1.807, 2.05) is 0 Å². The number of carboxylic acids is 1. The van der Waals surface area contributed by atoms with Crippen molar-refractivity contribution in [3.63, 3.8) is 0 Å². The zero-order chi connectivity index (χ0) is 25.7. The summed E-state index contributed by atoms with van der Waals surface area (Å²) in [6.07, 6.45) is -1.25. The first-order valence-electron chi connectivity index (χ1n) is 10.8. The predicted molar refractivity (Wildman–Crippen MR) is 123 cm³/mol. The van der Waals surface area contributed by atoms with Crippen molar-refractivity contribution in [2.75, 3.05) is 13.1 Å². The number of imide groups is 1. The predicted octanol–water partition coefficient (Wildman–Crippen LogP) is 3.17. The monoisotopic (exact) mass is 511 g/mol. The molecule has 0 saturated carbocycles. The van der Waals surface area contributed by atoms with Crippen LogP contribution in [0.5, 0.6) is 0 Å². The van der Waals surface area contributed by atoms with E-state index in [0.717, 1.165) is 4.90 Å². The molecule has 0 aromatic carbocycles. The molecule has 3 N–H and O–H groups in total. The zero-order valence-corrected chi connectivity index (χ0v) is 21.5. The summed E-state index contributed by atoms with van der Waals surface area (Å²) in [5.74, 6) is -2.13. The summed E-state index contributed by atoms with van der Waals surface area (Å²) in [5.41, 5.74) is 3.63. The third-order valence-electron chi connectivity index (χ3n) is 4.60. The van der Waals surface area contributed by atoms with E-state index in [4.69, 9.17) is 38.4 Å². The second kappa shape index (κ2) is 11.6. The largest absolute Gasteiger partial charge is 0.480 e. The summed E-state index contributed by atoms with van der Waals surface area (Å²) >= 11 is 12.3. The number of carboxylic acid groups (broad SMARTS) is 1. The van der Waals surface area contributed by atoms with Crippen LogP contribution in [0.15, 0.2) is 0 Å². The number of carbonyl (C=O) groups excluding carboxylic acids is 3. The smallest absolute Gasteiger partial charge is 0.420 e. The Morgan fingerprint density at radius 1 is 1.03 bits per heavy atom. The average molecular weight is 512 g/mol. The van der Waals surface area contributed by atoms with Crippen LogP contribution in [0.2, 0.25) is 0 Å². The van der Waals surface area contributed by atoms with Gasteiger partial charge in [0.2, 0.25) is 5.91 Å². The van der Waals surface area contributed by atoms with Gasteiger partial charge < -0.3 is 25.2 Å². The number of aliphatic carboxylic acids is 1. The van der Waals surface area contributed by atoms with Gasteiger partial charge in [-0.25, -0.2) is 14.4 Å². The maximum absolute atomic E-state index is 13.6. The van der Waals surface area contributed by atoms with Crippen LogP contribution >= 0.6 is 23.2 Å². The van der Waals surface area contributed by atoms with E-state index in [1.54, 1.807) is 41.5 Å². The fourth-order valence-corrected chi connectivity index (χ4v) is 3.87. The standard InChI is InChI=1S/C21H35Cl2N3O7/c1-20(2,3)32-18(30)26(19(31)33-21(4,5)6)13(9-7-8-10-24)16(27)25-11-12(22)14(23)15(25)17(28)29/h12-15H,7-11,24H2,1-6H3,(H,28,29)/t12?,13-,14?,15-/m0/s1. The second-order valence-electron chi connectivity index (χ2n) is 9.87. The van der Waals surface area contributed by atoms with E-state index in [9.17, 15) is 24.3 Å². The number of ether oxygens (including phenoxy) is 2. The molecule has 190 valence electrons. The van der Waals surface area contributed by atoms with Crippen molar-refractivity contribution in [3.8, 4) is 0 Å². The van der Waals surface area contributed by atoms with Gasteiger partial charge in [-0.15, -0.1) is 23.2 Å². The third kappa shape index (κ3) is 8.50. The molecule has 0 spiro atoms. The molecule has 0 aliphatic carbocycles. The van der Waals surface area contributed by atoms with Crippen LogP contribution in [-0.2, 0) is 19.1 Å². The van der Waals surface area contributed by atoms with Gasteiger partial charge in [-0.2, -0.15) is 4.90 Å². The van der Waals surface area contributed by atoms with Crippen molar-refractivity contribution in [1.82, 2.24) is 9.80 Å². The van der Waals surface area contributed by atoms with Crippen molar-refractivity contribution < 1.29 is 33.8 Å². The number of unbranched alkanes of at least 4 members (excludes halogenated alkanes) is 1. The van der Waals surface area contributed by atoms with Crippen LogP contribution in [0, 0.1) is 0 Å². The molecule has 4 atom stereocenters. The molecule has 1 saturated heterocycles. The number of amides is 3. The van der Waals surface area contributed by atoms with Crippen molar-refractivity contribution in [1.29, 1.82) is 0 Å². The number of likely N-dealkylation sites (tertiary alicyclic amines) is 1. The summed E-state index contributed by atoms with van der Waals surface area (Å²) in [6.45, 7) is 9.84. The van der Waals surface area contributed by atoms with Gasteiger partial charge in [0.05, 0.1) is 10.8 Å². The Bertz CT molecular complexity index is 708. The lowest BCUT2D eigenvalue weighted by atomic mass is 10.1. The zero-order valence-electron chi connectivity index (χ0n) is 20.0. The van der Waals surface area contributed by atoms with Crippen LogP contribution in [0.1, 0.15) is 60.8 Å². The van der Waals surface area contributed by atoms with E-state index in [2.05, 4.69) is 0 Å². The molecule has 1 aliphatic rings.